The van der Waals surface area contributed by atoms with Gasteiger partial charge in [0, 0.05) is 75.4 Å². The molecule has 0 amide bonds. The molecule has 72 heavy (non-hydrogen) atoms. The largest absolute Gasteiger partial charge is 0.310 e. The Morgan fingerprint density at radius 3 is 1.83 bits per heavy atom. The lowest BCUT2D eigenvalue weighted by Crippen LogP contribution is -2.32. The third-order valence-electron chi connectivity index (χ3n) is 15.1. The number of allylic oxidation sites excluding steroid dienone is 3. The molecule has 2 aromatic heterocycles. The topological polar surface area (TPSA) is 9.72 Å². The summed E-state index contributed by atoms with van der Waals surface area (Å²) in [6.45, 7) is 4.82. The number of benzene rings is 9. The van der Waals surface area contributed by atoms with E-state index < -0.39 is 0 Å². The maximum Gasteiger partial charge on any atom is 0.0640 e. The van der Waals surface area contributed by atoms with Gasteiger partial charge in [-0.25, -0.2) is 0 Å². The Morgan fingerprint density at radius 1 is 0.486 bits per heavy atom. The maximum absolute atomic E-state index is 2.56. The summed E-state index contributed by atoms with van der Waals surface area (Å²) in [5.41, 5.74) is 13.0. The van der Waals surface area contributed by atoms with Gasteiger partial charge in [-0.3, -0.25) is 0 Å². The van der Waals surface area contributed by atoms with E-state index >= 15 is 0 Å². The average Bonchev–Trinajstić information content (AvgIpc) is 4.10. The number of rotatable bonds is 9. The van der Waals surface area contributed by atoms with Crippen molar-refractivity contribution >= 4 is 127 Å². The van der Waals surface area contributed by atoms with Crippen molar-refractivity contribution in [1.82, 2.24) is 0 Å². The lowest BCUT2D eigenvalue weighted by atomic mass is 9.76. The predicted octanol–water partition coefficient (Wildman–Crippen LogP) is 19.9. The van der Waals surface area contributed by atoms with Crippen LogP contribution in [0.5, 0.6) is 0 Å². The zero-order valence-electron chi connectivity index (χ0n) is 39.9. The van der Waals surface area contributed by atoms with Gasteiger partial charge in [-0.2, -0.15) is 0 Å². The fraction of sp³-hybridized carbons (Fsp3) is 0.0909. The van der Waals surface area contributed by atoms with Crippen LogP contribution < -0.4 is 14.7 Å². The summed E-state index contributed by atoms with van der Waals surface area (Å²) in [4.78, 5) is 10.1. The number of thioether (sulfide) groups is 1. The van der Waals surface area contributed by atoms with Gasteiger partial charge in [-0.05, 0) is 137 Å². The number of nitrogens with zero attached hydrogens (tertiary/aromatic N) is 3. The van der Waals surface area contributed by atoms with Crippen LogP contribution >= 0.6 is 34.4 Å². The van der Waals surface area contributed by atoms with Gasteiger partial charge in [-0.1, -0.05) is 147 Å². The van der Waals surface area contributed by atoms with E-state index in [9.17, 15) is 0 Å². The summed E-state index contributed by atoms with van der Waals surface area (Å²) in [5, 5.41) is 6.63. The minimum absolute atomic E-state index is 0.238. The Kier molecular flexibility index (Phi) is 10.4. The molecule has 6 heteroatoms. The molecule has 2 aliphatic carbocycles. The van der Waals surface area contributed by atoms with Crippen LogP contribution in [0.15, 0.2) is 241 Å². The summed E-state index contributed by atoms with van der Waals surface area (Å²) in [6.07, 6.45) is 13.2. The highest BCUT2D eigenvalue weighted by atomic mass is 32.2. The van der Waals surface area contributed by atoms with Gasteiger partial charge < -0.3 is 14.7 Å². The third-order valence-corrected chi connectivity index (χ3v) is 19.0. The fourth-order valence-electron chi connectivity index (χ4n) is 11.6. The minimum atomic E-state index is -0.264. The predicted molar refractivity (Wildman–Crippen MR) is 313 cm³/mol. The zero-order valence-corrected chi connectivity index (χ0v) is 42.4. The molecule has 0 radical (unpaired) electrons. The van der Waals surface area contributed by atoms with Crippen LogP contribution in [-0.2, 0) is 5.41 Å². The first-order chi connectivity index (χ1) is 35.5. The molecule has 0 fully saturated rings. The second kappa shape index (κ2) is 17.3. The Labute approximate surface area is 432 Å². The first kappa shape index (κ1) is 43.2. The molecule has 0 saturated carbocycles. The van der Waals surface area contributed by atoms with E-state index in [-0.39, 0.29) is 10.7 Å². The van der Waals surface area contributed by atoms with Crippen molar-refractivity contribution in [3.05, 3.63) is 252 Å². The monoisotopic (exact) mass is 979 g/mol. The van der Waals surface area contributed by atoms with Crippen molar-refractivity contribution in [3.63, 3.8) is 0 Å². The lowest BCUT2D eigenvalue weighted by Gasteiger charge is -2.36. The first-order valence-corrected chi connectivity index (χ1v) is 27.4. The molecule has 0 bridgehead atoms. The molecular weight excluding hydrogens is 931 g/mol. The molecule has 346 valence electrons. The van der Waals surface area contributed by atoms with Gasteiger partial charge in [0.05, 0.1) is 26.5 Å². The van der Waals surface area contributed by atoms with Crippen molar-refractivity contribution in [3.8, 4) is 0 Å². The molecule has 0 spiro atoms. The van der Waals surface area contributed by atoms with Gasteiger partial charge >= 0.3 is 0 Å². The van der Waals surface area contributed by atoms with Gasteiger partial charge in [0.25, 0.3) is 0 Å². The molecule has 3 aliphatic rings. The maximum atomic E-state index is 2.56. The number of hydrogen-bond donors (Lipinski definition) is 0. The molecule has 0 saturated heterocycles. The average molecular weight is 980 g/mol. The first-order valence-electron chi connectivity index (χ1n) is 24.9. The van der Waals surface area contributed by atoms with Crippen molar-refractivity contribution in [2.75, 3.05) is 14.7 Å². The van der Waals surface area contributed by atoms with E-state index in [0.717, 1.165) is 34.9 Å². The van der Waals surface area contributed by atoms with Crippen LogP contribution in [0.2, 0.25) is 0 Å². The Morgan fingerprint density at radius 2 is 1.06 bits per heavy atom. The minimum Gasteiger partial charge on any atom is -0.310 e. The van der Waals surface area contributed by atoms with Crippen LogP contribution in [0, 0.1) is 0 Å². The van der Waals surface area contributed by atoms with E-state index in [0.29, 0.717) is 5.92 Å². The molecule has 3 atom stereocenters. The highest BCUT2D eigenvalue weighted by molar-refractivity contribution is 8.00. The molecule has 1 aliphatic heterocycles. The molecular formula is C66H49N3S3. The number of thiophene rings is 2. The van der Waals surface area contributed by atoms with Crippen LogP contribution in [0.25, 0.3) is 47.1 Å². The number of fused-ring (bicyclic) bond motifs is 10. The van der Waals surface area contributed by atoms with Crippen LogP contribution in [0.3, 0.4) is 0 Å². The highest BCUT2D eigenvalue weighted by Gasteiger charge is 2.44. The lowest BCUT2D eigenvalue weighted by molar-refractivity contribution is 0.613. The van der Waals surface area contributed by atoms with Gasteiger partial charge in [-0.15, -0.1) is 34.4 Å². The van der Waals surface area contributed by atoms with E-state index in [1.807, 2.05) is 34.4 Å². The fourth-order valence-corrected chi connectivity index (χ4v) is 15.7. The summed E-state index contributed by atoms with van der Waals surface area (Å²) < 4.78 is 3.92. The molecule has 0 N–H and O–H groups in total. The second-order valence-electron chi connectivity index (χ2n) is 19.4. The molecule has 3 nitrogen and oxygen atoms in total. The van der Waals surface area contributed by atoms with Crippen LogP contribution in [0.1, 0.15) is 42.2 Å². The van der Waals surface area contributed by atoms with Crippen molar-refractivity contribution in [2.24, 2.45) is 0 Å². The third kappa shape index (κ3) is 6.99. The molecule has 11 aromatic rings. The second-order valence-corrected chi connectivity index (χ2v) is 22.7. The van der Waals surface area contributed by atoms with Gasteiger partial charge in [0.1, 0.15) is 0 Å². The Hall–Kier alpha value is -7.61. The number of para-hydroxylation sites is 2. The molecule has 9 aromatic carbocycles. The summed E-state index contributed by atoms with van der Waals surface area (Å²) in [7, 11) is 0. The van der Waals surface area contributed by atoms with Gasteiger partial charge in [0.15, 0.2) is 0 Å². The zero-order chi connectivity index (χ0) is 47.9. The summed E-state index contributed by atoms with van der Waals surface area (Å²) >= 11 is 5.81. The molecule has 3 heterocycles. The highest BCUT2D eigenvalue weighted by Crippen LogP contribution is 2.56. The standard InChI is InChI=1S/C66H49N3S3/c1-43-17-13-32-60-63(43)54-27-16-30-58(65(54)72-60)68(46-22-7-4-8-23-46)49-37-39-55-61(41-49)70-62-40-38-50(42-66(55,62)2)69(57-29-15-26-53-52-25-11-12-31-59(52)71-64(53)57)48-35-33-47(34-36-48)67(45-20-5-3-6-21-45)56-28-14-19-44-18-9-10-24-51(44)56/h3-16,18-43,62H,17H2,1-2H3. The SMILES string of the molecule is CC1CC=Cc2sc3c(N(c4ccccc4)c4ccc5c(c4)SC4C=CC(N(c6ccc(N(c7ccccc7)c7cccc8ccccc78)cc6)c6cccc7c6sc6ccccc67)=CC54C)cccc3c21. The van der Waals surface area contributed by atoms with Crippen molar-refractivity contribution in [2.45, 2.75) is 41.7 Å². The normalized spacial score (nSPS) is 17.8. The summed E-state index contributed by atoms with van der Waals surface area (Å²) in [6, 6.07) is 76.0. The van der Waals surface area contributed by atoms with Gasteiger partial charge in [0.2, 0.25) is 0 Å². The smallest absolute Gasteiger partial charge is 0.0640 e. The van der Waals surface area contributed by atoms with E-state index in [1.54, 1.807) is 0 Å². The van der Waals surface area contributed by atoms with Crippen LogP contribution in [-0.4, -0.2) is 5.25 Å². The van der Waals surface area contributed by atoms with E-state index in [4.69, 9.17) is 0 Å². The quantitative estimate of drug-likeness (QED) is 0.143. The number of hydrogen-bond acceptors (Lipinski definition) is 6. The van der Waals surface area contributed by atoms with Crippen molar-refractivity contribution in [1.29, 1.82) is 0 Å². The molecule has 3 unspecified atom stereocenters. The van der Waals surface area contributed by atoms with Crippen molar-refractivity contribution < 1.29 is 0 Å². The van der Waals surface area contributed by atoms with E-state index in [2.05, 4.69) is 265 Å². The Balaban J connectivity index is 0.894. The number of anilines is 8. The molecule has 14 rings (SSSR count). The van der Waals surface area contributed by atoms with E-state index in [1.165, 1.54) is 84.7 Å². The Bertz CT molecular complexity index is 3990. The van der Waals surface area contributed by atoms with Crippen LogP contribution in [0.4, 0.5) is 45.5 Å². The summed E-state index contributed by atoms with van der Waals surface area (Å²) in [5.74, 6) is 0.504.